The largest absolute Gasteiger partial charge is 0.497 e. The number of aromatic nitrogens is 2. The van der Waals surface area contributed by atoms with Crippen LogP contribution in [0.4, 0.5) is 32.3 Å². The summed E-state index contributed by atoms with van der Waals surface area (Å²) in [6, 6.07) is 18.2. The summed E-state index contributed by atoms with van der Waals surface area (Å²) in [6.45, 7) is 5.74. The fourth-order valence-corrected chi connectivity index (χ4v) is 5.20. The number of nitrogens with zero attached hydrogens (tertiary/aromatic N) is 5. The second kappa shape index (κ2) is 16.7. The second-order valence-electron chi connectivity index (χ2n) is 11.1. The molecule has 48 heavy (non-hydrogen) atoms. The third-order valence-corrected chi connectivity index (χ3v) is 7.81. The summed E-state index contributed by atoms with van der Waals surface area (Å²) in [4.78, 5) is 28.7. The quantitative estimate of drug-likeness (QED) is 0.164. The maximum atomic E-state index is 15.0. The van der Waals surface area contributed by atoms with Crippen LogP contribution < -0.4 is 29.2 Å². The Kier molecular flexibility index (Phi) is 12.0. The fraction of sp³-hybridized carbons (Fsp3) is 0.343. The van der Waals surface area contributed by atoms with Crippen LogP contribution in [0, 0.1) is 5.82 Å². The average Bonchev–Trinajstić information content (AvgIpc) is 3.09. The van der Waals surface area contributed by atoms with Crippen molar-refractivity contribution in [2.45, 2.75) is 13.0 Å². The van der Waals surface area contributed by atoms with Gasteiger partial charge in [-0.25, -0.2) is 19.1 Å². The third kappa shape index (κ3) is 8.88. The minimum Gasteiger partial charge on any atom is -0.497 e. The Morgan fingerprint density at radius 2 is 1.75 bits per heavy atom. The van der Waals surface area contributed by atoms with Gasteiger partial charge in [0.25, 0.3) is 0 Å². The van der Waals surface area contributed by atoms with Crippen LogP contribution in [-0.2, 0) is 11.3 Å². The number of anilines is 4. The number of likely N-dealkylation sites (N-methyl/N-ethyl adjacent to an activating group) is 1. The van der Waals surface area contributed by atoms with Gasteiger partial charge in [0, 0.05) is 75.5 Å². The normalized spacial score (nSPS) is 13.5. The predicted octanol–water partition coefficient (Wildman–Crippen LogP) is 5.88. The van der Waals surface area contributed by atoms with Crippen molar-refractivity contribution in [1.29, 1.82) is 0 Å². The van der Waals surface area contributed by atoms with Gasteiger partial charge in [-0.15, -0.1) is 0 Å². The minimum atomic E-state index is -0.758. The molecule has 0 spiro atoms. The van der Waals surface area contributed by atoms with Crippen LogP contribution in [0.3, 0.4) is 0 Å². The number of carbonyl (C=O) groups is 1. The smallest absolute Gasteiger partial charge is 0.425 e. The molecule has 1 aliphatic heterocycles. The van der Waals surface area contributed by atoms with Gasteiger partial charge in [-0.1, -0.05) is 18.2 Å². The molecule has 1 N–H and O–H groups in total. The maximum absolute atomic E-state index is 15.0. The third-order valence-electron chi connectivity index (χ3n) is 7.81. The van der Waals surface area contributed by atoms with Gasteiger partial charge in [0.2, 0.25) is 5.95 Å². The summed E-state index contributed by atoms with van der Waals surface area (Å²) in [5.41, 5.74) is 1.43. The van der Waals surface area contributed by atoms with Gasteiger partial charge < -0.3 is 38.8 Å². The first kappa shape index (κ1) is 34.4. The average molecular weight is 661 g/mol. The number of piperazine rings is 1. The van der Waals surface area contributed by atoms with E-state index in [1.54, 1.807) is 61.7 Å². The number of ether oxygens (including phenoxy) is 5. The summed E-state index contributed by atoms with van der Waals surface area (Å²) in [5, 5.41) is 3.02. The van der Waals surface area contributed by atoms with Gasteiger partial charge in [-0.3, -0.25) is 0 Å². The zero-order valence-corrected chi connectivity index (χ0v) is 27.6. The molecule has 1 amide bonds. The van der Waals surface area contributed by atoms with Gasteiger partial charge in [-0.2, -0.15) is 4.98 Å². The summed E-state index contributed by atoms with van der Waals surface area (Å²) in [6.07, 6.45) is 1.53. The Hall–Kier alpha value is -4.98. The number of nitrogens with one attached hydrogen (secondary N) is 1. The van der Waals surface area contributed by atoms with Crippen molar-refractivity contribution in [2.75, 3.05) is 77.9 Å². The Balaban J connectivity index is 1.33. The van der Waals surface area contributed by atoms with Gasteiger partial charge >= 0.3 is 6.09 Å². The van der Waals surface area contributed by atoms with Crippen molar-refractivity contribution >= 4 is 29.2 Å². The lowest BCUT2D eigenvalue weighted by Crippen LogP contribution is -2.44. The number of methoxy groups -OCH3 is 3. The summed E-state index contributed by atoms with van der Waals surface area (Å²) in [7, 11) is 6.71. The molecule has 0 atom stereocenters. The molecule has 0 saturated carbocycles. The van der Waals surface area contributed by atoms with Gasteiger partial charge in [-0.05, 0) is 43.8 Å². The second-order valence-corrected chi connectivity index (χ2v) is 11.1. The number of para-hydroxylation sites is 1. The highest BCUT2D eigenvalue weighted by Crippen LogP contribution is 2.37. The van der Waals surface area contributed by atoms with Crippen molar-refractivity contribution < 1.29 is 32.9 Å². The number of amides is 1. The standard InChI is InChI=1S/C35H41FN6O6/c1-40-17-19-41(20-18-40)16-7-21-47-31-13-10-26(22-28(31)36)38-34-37-15-14-33(39-34)42(29-12-11-27(45-3)23-32(29)46-4)35(43)48-30-9-6-5-8-25(30)24-44-2/h5-6,8-15,22-23H,7,16-21,24H2,1-4H3,(H,37,38,39). The van der Waals surface area contributed by atoms with Crippen molar-refractivity contribution in [2.24, 2.45) is 0 Å². The van der Waals surface area contributed by atoms with Crippen LogP contribution in [0.15, 0.2) is 72.9 Å². The van der Waals surface area contributed by atoms with Crippen LogP contribution >= 0.6 is 0 Å². The summed E-state index contributed by atoms with van der Waals surface area (Å²) < 4.78 is 42.9. The molecule has 0 aliphatic carbocycles. The molecule has 1 aliphatic rings. The van der Waals surface area contributed by atoms with E-state index >= 15 is 4.39 Å². The highest BCUT2D eigenvalue weighted by molar-refractivity contribution is 5.98. The molecule has 1 fully saturated rings. The van der Waals surface area contributed by atoms with Gasteiger partial charge in [0.15, 0.2) is 11.6 Å². The highest BCUT2D eigenvalue weighted by Gasteiger charge is 2.27. The van der Waals surface area contributed by atoms with E-state index in [1.165, 1.54) is 31.4 Å². The molecular formula is C35H41FN6O6. The molecule has 1 aromatic heterocycles. The number of rotatable bonds is 14. The maximum Gasteiger partial charge on any atom is 0.425 e. The molecular weight excluding hydrogens is 619 g/mol. The Bertz CT molecular complexity index is 1670. The monoisotopic (exact) mass is 660 g/mol. The van der Waals surface area contributed by atoms with E-state index < -0.39 is 11.9 Å². The molecule has 254 valence electrons. The summed E-state index contributed by atoms with van der Waals surface area (Å²) >= 11 is 0. The predicted molar refractivity (Wildman–Crippen MR) is 181 cm³/mol. The first-order chi connectivity index (χ1) is 23.4. The van der Waals surface area contributed by atoms with E-state index in [-0.39, 0.29) is 24.1 Å². The molecule has 2 heterocycles. The lowest BCUT2D eigenvalue weighted by molar-refractivity contribution is 0.145. The van der Waals surface area contributed by atoms with Crippen molar-refractivity contribution in [1.82, 2.24) is 19.8 Å². The summed E-state index contributed by atoms with van der Waals surface area (Å²) in [5.74, 6) is 1.14. The number of hydrogen-bond acceptors (Lipinski definition) is 11. The van der Waals surface area contributed by atoms with Crippen molar-refractivity contribution in [3.05, 3.63) is 84.3 Å². The van der Waals surface area contributed by atoms with E-state index in [1.807, 2.05) is 6.07 Å². The van der Waals surface area contributed by atoms with Gasteiger partial charge in [0.1, 0.15) is 23.1 Å². The number of hydrogen-bond donors (Lipinski definition) is 1. The van der Waals surface area contributed by atoms with Crippen LogP contribution in [0.5, 0.6) is 23.0 Å². The fourth-order valence-electron chi connectivity index (χ4n) is 5.20. The van der Waals surface area contributed by atoms with E-state index in [4.69, 9.17) is 23.7 Å². The SMILES string of the molecule is COCc1ccccc1OC(=O)N(c1ccnc(Nc2ccc(OCCCN3CCN(C)CC3)c(F)c2)n1)c1ccc(OC)cc1OC. The molecule has 0 unspecified atom stereocenters. The highest BCUT2D eigenvalue weighted by atomic mass is 19.1. The number of benzene rings is 3. The zero-order chi connectivity index (χ0) is 33.9. The van der Waals surface area contributed by atoms with E-state index in [0.29, 0.717) is 40.8 Å². The van der Waals surface area contributed by atoms with Crippen LogP contribution in [0.25, 0.3) is 0 Å². The molecule has 0 bridgehead atoms. The first-order valence-corrected chi connectivity index (χ1v) is 15.6. The Labute approximate surface area is 280 Å². The molecule has 3 aromatic carbocycles. The van der Waals surface area contributed by atoms with Crippen LogP contribution in [0.1, 0.15) is 12.0 Å². The van der Waals surface area contributed by atoms with Crippen molar-refractivity contribution in [3.63, 3.8) is 0 Å². The lowest BCUT2D eigenvalue weighted by Gasteiger charge is -2.32. The molecule has 1 saturated heterocycles. The molecule has 13 heteroatoms. The molecule has 5 rings (SSSR count). The topological polar surface area (TPSA) is 111 Å². The number of halogens is 1. The Morgan fingerprint density at radius 1 is 0.938 bits per heavy atom. The van der Waals surface area contributed by atoms with E-state index in [2.05, 4.69) is 32.1 Å². The molecule has 0 radical (unpaired) electrons. The van der Waals surface area contributed by atoms with E-state index in [0.717, 1.165) is 39.1 Å². The lowest BCUT2D eigenvalue weighted by atomic mass is 10.2. The zero-order valence-electron chi connectivity index (χ0n) is 27.6. The van der Waals surface area contributed by atoms with Gasteiger partial charge in [0.05, 0.1) is 33.1 Å². The molecule has 4 aromatic rings. The molecule has 12 nitrogen and oxygen atoms in total. The van der Waals surface area contributed by atoms with Crippen LogP contribution in [0.2, 0.25) is 0 Å². The Morgan fingerprint density at radius 3 is 2.50 bits per heavy atom. The first-order valence-electron chi connectivity index (χ1n) is 15.6. The van der Waals surface area contributed by atoms with Crippen LogP contribution in [-0.4, -0.2) is 93.6 Å². The van der Waals surface area contributed by atoms with E-state index in [9.17, 15) is 4.79 Å². The number of carbonyl (C=O) groups excluding carboxylic acids is 1. The van der Waals surface area contributed by atoms with Crippen molar-refractivity contribution in [3.8, 4) is 23.0 Å². The minimum absolute atomic E-state index is 0.123.